The van der Waals surface area contributed by atoms with Gasteiger partial charge in [-0.1, -0.05) is 11.2 Å². The predicted octanol–water partition coefficient (Wildman–Crippen LogP) is 1.64. The number of hydrogen-bond donors (Lipinski definition) is 1. The molecule has 5 heteroatoms. The highest BCUT2D eigenvalue weighted by Crippen LogP contribution is 2.43. The number of pyridine rings is 1. The van der Waals surface area contributed by atoms with Crippen molar-refractivity contribution in [2.24, 2.45) is 11.7 Å². The van der Waals surface area contributed by atoms with E-state index >= 15 is 0 Å². The van der Waals surface area contributed by atoms with E-state index in [-0.39, 0.29) is 0 Å². The predicted molar refractivity (Wildman–Crippen MR) is 65.6 cm³/mol. The average Bonchev–Trinajstić information content (AvgIpc) is 3.12. The molecule has 1 fully saturated rings. The monoisotopic (exact) mass is 244 g/mol. The van der Waals surface area contributed by atoms with Crippen LogP contribution in [0.25, 0.3) is 0 Å². The van der Waals surface area contributed by atoms with Gasteiger partial charge in [-0.3, -0.25) is 4.98 Å². The molecule has 94 valence electrons. The van der Waals surface area contributed by atoms with Gasteiger partial charge in [-0.2, -0.15) is 4.98 Å². The van der Waals surface area contributed by atoms with Gasteiger partial charge in [0.2, 0.25) is 5.89 Å². The zero-order valence-electron chi connectivity index (χ0n) is 10.3. The number of rotatable bonds is 4. The van der Waals surface area contributed by atoms with Crippen LogP contribution in [0.3, 0.4) is 0 Å². The first-order valence-electron chi connectivity index (χ1n) is 6.18. The molecular weight excluding hydrogens is 228 g/mol. The van der Waals surface area contributed by atoms with Gasteiger partial charge in [0.1, 0.15) is 0 Å². The zero-order valence-corrected chi connectivity index (χ0v) is 10.3. The Labute approximate surface area is 105 Å². The van der Waals surface area contributed by atoms with Gasteiger partial charge in [0.05, 0.1) is 12.0 Å². The molecule has 0 spiro atoms. The normalized spacial score (nSPS) is 18.6. The Morgan fingerprint density at radius 3 is 2.94 bits per heavy atom. The summed E-state index contributed by atoms with van der Waals surface area (Å²) >= 11 is 0. The lowest BCUT2D eigenvalue weighted by molar-refractivity contribution is 0.272. The van der Waals surface area contributed by atoms with E-state index < -0.39 is 5.54 Å². The molecule has 5 nitrogen and oxygen atoms in total. The Morgan fingerprint density at radius 2 is 2.28 bits per heavy atom. The Balaban J connectivity index is 1.77. The molecule has 2 aromatic rings. The van der Waals surface area contributed by atoms with Gasteiger partial charge < -0.3 is 10.3 Å². The lowest BCUT2D eigenvalue weighted by Crippen LogP contribution is -2.35. The molecule has 2 N–H and O–H groups in total. The molecule has 1 atom stereocenters. The summed E-state index contributed by atoms with van der Waals surface area (Å²) in [5.74, 6) is 1.65. The van der Waals surface area contributed by atoms with Gasteiger partial charge in [-0.15, -0.1) is 0 Å². The number of aromatic nitrogens is 3. The van der Waals surface area contributed by atoms with Crippen LogP contribution < -0.4 is 5.73 Å². The molecule has 0 aliphatic heterocycles. The van der Waals surface area contributed by atoms with Gasteiger partial charge in [-0.05, 0) is 37.8 Å². The van der Waals surface area contributed by atoms with Gasteiger partial charge in [-0.25, -0.2) is 0 Å². The second-order valence-electron chi connectivity index (χ2n) is 5.07. The van der Waals surface area contributed by atoms with Crippen LogP contribution in [0.15, 0.2) is 28.9 Å². The fourth-order valence-corrected chi connectivity index (χ4v) is 2.07. The van der Waals surface area contributed by atoms with Crippen LogP contribution >= 0.6 is 0 Å². The van der Waals surface area contributed by atoms with Crippen molar-refractivity contribution in [3.63, 3.8) is 0 Å². The van der Waals surface area contributed by atoms with Gasteiger partial charge in [0, 0.05) is 11.9 Å². The first kappa shape index (κ1) is 11.3. The minimum absolute atomic E-state index is 0.473. The summed E-state index contributed by atoms with van der Waals surface area (Å²) in [5, 5.41) is 3.98. The quantitative estimate of drug-likeness (QED) is 0.884. The molecule has 2 heterocycles. The van der Waals surface area contributed by atoms with Crippen LogP contribution in [0, 0.1) is 5.92 Å². The summed E-state index contributed by atoms with van der Waals surface area (Å²) in [6.45, 7) is 1.96. The Morgan fingerprint density at radius 1 is 1.44 bits per heavy atom. The summed E-state index contributed by atoms with van der Waals surface area (Å²) in [7, 11) is 0. The highest BCUT2D eigenvalue weighted by molar-refractivity contribution is 5.12. The molecule has 0 saturated heterocycles. The Kier molecular flexibility index (Phi) is 2.63. The second-order valence-corrected chi connectivity index (χ2v) is 5.07. The summed E-state index contributed by atoms with van der Waals surface area (Å²) in [6, 6.07) is 5.77. The van der Waals surface area contributed by atoms with Crippen LogP contribution in [0.2, 0.25) is 0 Å². The maximum Gasteiger partial charge on any atom is 0.246 e. The van der Waals surface area contributed by atoms with Crippen LogP contribution in [0.4, 0.5) is 0 Å². The standard InChI is InChI=1S/C13H16N4O/c1-13(14,9-5-6-9)12-16-11(17-18-12)8-10-4-2-3-7-15-10/h2-4,7,9H,5-6,8,14H2,1H3. The highest BCUT2D eigenvalue weighted by atomic mass is 16.5. The minimum atomic E-state index is -0.491. The third-order valence-corrected chi connectivity index (χ3v) is 3.42. The van der Waals surface area contributed by atoms with Gasteiger partial charge in [0.25, 0.3) is 0 Å². The van der Waals surface area contributed by atoms with Crippen LogP contribution in [0.5, 0.6) is 0 Å². The van der Waals surface area contributed by atoms with Crippen molar-refractivity contribution in [3.05, 3.63) is 41.8 Å². The zero-order chi connectivity index (χ0) is 12.6. The van der Waals surface area contributed by atoms with Crippen LogP contribution in [-0.2, 0) is 12.0 Å². The smallest absolute Gasteiger partial charge is 0.246 e. The van der Waals surface area contributed by atoms with Crippen molar-refractivity contribution >= 4 is 0 Å². The summed E-state index contributed by atoms with van der Waals surface area (Å²) < 4.78 is 5.29. The van der Waals surface area contributed by atoms with Crippen molar-refractivity contribution < 1.29 is 4.52 Å². The molecule has 0 bridgehead atoms. The van der Waals surface area contributed by atoms with E-state index in [9.17, 15) is 0 Å². The molecule has 1 aliphatic rings. The minimum Gasteiger partial charge on any atom is -0.337 e. The van der Waals surface area contributed by atoms with Crippen LogP contribution in [0.1, 0.15) is 37.2 Å². The Hall–Kier alpha value is -1.75. The first-order valence-corrected chi connectivity index (χ1v) is 6.18. The largest absolute Gasteiger partial charge is 0.337 e. The van der Waals surface area contributed by atoms with Crippen molar-refractivity contribution in [1.29, 1.82) is 0 Å². The molecule has 1 unspecified atom stereocenters. The highest BCUT2D eigenvalue weighted by Gasteiger charge is 2.43. The topological polar surface area (TPSA) is 77.8 Å². The van der Waals surface area contributed by atoms with E-state index in [0.717, 1.165) is 18.5 Å². The molecular formula is C13H16N4O. The SMILES string of the molecule is CC(N)(c1nc(Cc2ccccn2)no1)C1CC1. The number of hydrogen-bond acceptors (Lipinski definition) is 5. The van der Waals surface area contributed by atoms with E-state index in [1.54, 1.807) is 6.20 Å². The van der Waals surface area contributed by atoms with E-state index in [0.29, 0.717) is 24.1 Å². The maximum atomic E-state index is 6.24. The molecule has 1 saturated carbocycles. The number of nitrogens with zero attached hydrogens (tertiary/aromatic N) is 3. The summed E-state index contributed by atoms with van der Waals surface area (Å²) in [5.41, 5.74) is 6.67. The van der Waals surface area contributed by atoms with Crippen molar-refractivity contribution in [2.45, 2.75) is 31.7 Å². The van der Waals surface area contributed by atoms with Gasteiger partial charge in [0.15, 0.2) is 5.82 Å². The average molecular weight is 244 g/mol. The Bertz CT molecular complexity index is 531. The third-order valence-electron chi connectivity index (χ3n) is 3.42. The fraction of sp³-hybridized carbons (Fsp3) is 0.462. The molecule has 0 radical (unpaired) electrons. The van der Waals surface area contributed by atoms with Crippen molar-refractivity contribution in [1.82, 2.24) is 15.1 Å². The van der Waals surface area contributed by atoms with E-state index in [4.69, 9.17) is 10.3 Å². The van der Waals surface area contributed by atoms with E-state index in [2.05, 4.69) is 15.1 Å². The third kappa shape index (κ3) is 2.13. The summed E-state index contributed by atoms with van der Waals surface area (Å²) in [6.07, 6.45) is 4.62. The van der Waals surface area contributed by atoms with Crippen molar-refractivity contribution in [2.75, 3.05) is 0 Å². The second kappa shape index (κ2) is 4.17. The molecule has 3 rings (SSSR count). The van der Waals surface area contributed by atoms with E-state index in [1.165, 1.54) is 0 Å². The lowest BCUT2D eigenvalue weighted by atomic mass is 9.97. The van der Waals surface area contributed by atoms with Crippen LogP contribution in [-0.4, -0.2) is 15.1 Å². The van der Waals surface area contributed by atoms with Gasteiger partial charge >= 0.3 is 0 Å². The molecule has 0 aromatic carbocycles. The molecule has 0 amide bonds. The lowest BCUT2D eigenvalue weighted by Gasteiger charge is -2.18. The fourth-order valence-electron chi connectivity index (χ4n) is 2.07. The number of nitrogens with two attached hydrogens (primary N) is 1. The van der Waals surface area contributed by atoms with E-state index in [1.807, 2.05) is 25.1 Å². The molecule has 18 heavy (non-hydrogen) atoms. The first-order chi connectivity index (χ1) is 8.66. The molecule has 1 aliphatic carbocycles. The summed E-state index contributed by atoms with van der Waals surface area (Å²) in [4.78, 5) is 8.64. The van der Waals surface area contributed by atoms with Crippen molar-refractivity contribution in [3.8, 4) is 0 Å². The molecule has 2 aromatic heterocycles. The maximum absolute atomic E-state index is 6.24.